The average molecular weight is 411 g/mol. The smallest absolute Gasteiger partial charge is 0.344 e. The highest BCUT2D eigenvalue weighted by Crippen LogP contribution is 2.33. The van der Waals surface area contributed by atoms with Crippen LogP contribution in [-0.4, -0.2) is 4.92 Å². The van der Waals surface area contributed by atoms with Gasteiger partial charge in [-0.15, -0.1) is 0 Å². The number of nitro benzene ring substituents is 1. The number of benzene rings is 3. The van der Waals surface area contributed by atoms with Crippen LogP contribution < -0.4 is 11.3 Å². The molecule has 0 saturated carbocycles. The first-order chi connectivity index (χ1) is 15.0. The quantitative estimate of drug-likeness (QED) is 0.176. The SMILES string of the molecule is O=c1cc(-c2ccccc2)c2ccc3oc(=O)c(-c4ccc([N+](=O)[O-])cc4)cc3c2o1. The highest BCUT2D eigenvalue weighted by Gasteiger charge is 2.15. The van der Waals surface area contributed by atoms with E-state index in [1.54, 1.807) is 18.2 Å². The van der Waals surface area contributed by atoms with Crippen molar-refractivity contribution in [2.45, 2.75) is 0 Å². The average Bonchev–Trinajstić information content (AvgIpc) is 2.78. The third-order valence-electron chi connectivity index (χ3n) is 5.10. The van der Waals surface area contributed by atoms with Crippen LogP contribution in [0.4, 0.5) is 5.69 Å². The van der Waals surface area contributed by atoms with Crippen LogP contribution in [0.25, 0.3) is 44.2 Å². The van der Waals surface area contributed by atoms with Gasteiger partial charge in [0.15, 0.2) is 0 Å². The molecule has 0 bridgehead atoms. The van der Waals surface area contributed by atoms with Gasteiger partial charge in [-0.05, 0) is 47.0 Å². The van der Waals surface area contributed by atoms with E-state index in [9.17, 15) is 19.7 Å². The first-order valence-electron chi connectivity index (χ1n) is 9.36. The number of hydrogen-bond donors (Lipinski definition) is 0. The van der Waals surface area contributed by atoms with Crippen molar-refractivity contribution in [1.29, 1.82) is 0 Å². The highest BCUT2D eigenvalue weighted by molar-refractivity contribution is 6.07. The molecule has 5 rings (SSSR count). The van der Waals surface area contributed by atoms with Crippen LogP contribution >= 0.6 is 0 Å². The zero-order valence-corrected chi connectivity index (χ0v) is 15.9. The lowest BCUT2D eigenvalue weighted by Gasteiger charge is -2.08. The second kappa shape index (κ2) is 7.07. The standard InChI is InChI=1S/C24H13NO6/c26-22-13-18(14-4-2-1-3-5-14)17-10-11-21-20(23(17)31-22)12-19(24(27)30-21)15-6-8-16(9-7-15)25(28)29/h1-13H. The van der Waals surface area contributed by atoms with E-state index >= 15 is 0 Å². The Hall–Kier alpha value is -4.52. The van der Waals surface area contributed by atoms with Crippen molar-refractivity contribution in [3.63, 3.8) is 0 Å². The summed E-state index contributed by atoms with van der Waals surface area (Å²) < 4.78 is 11.0. The highest BCUT2D eigenvalue weighted by atomic mass is 16.6. The van der Waals surface area contributed by atoms with Crippen molar-refractivity contribution in [1.82, 2.24) is 0 Å². The predicted octanol–water partition coefficient (Wildman–Crippen LogP) is 5.14. The van der Waals surface area contributed by atoms with E-state index in [1.165, 1.54) is 30.3 Å². The van der Waals surface area contributed by atoms with Crippen molar-refractivity contribution in [3.8, 4) is 22.3 Å². The van der Waals surface area contributed by atoms with Crippen molar-refractivity contribution >= 4 is 27.6 Å². The largest absolute Gasteiger partial charge is 0.422 e. The molecule has 3 aromatic carbocycles. The molecule has 0 atom stereocenters. The minimum Gasteiger partial charge on any atom is -0.422 e. The molecule has 2 aromatic heterocycles. The zero-order valence-electron chi connectivity index (χ0n) is 15.9. The summed E-state index contributed by atoms with van der Waals surface area (Å²) in [5.74, 6) is 0. The van der Waals surface area contributed by atoms with Gasteiger partial charge in [-0.3, -0.25) is 10.1 Å². The molecule has 0 N–H and O–H groups in total. The van der Waals surface area contributed by atoms with Crippen molar-refractivity contribution in [2.24, 2.45) is 0 Å². The van der Waals surface area contributed by atoms with Crippen LogP contribution in [0, 0.1) is 10.1 Å². The third-order valence-corrected chi connectivity index (χ3v) is 5.10. The van der Waals surface area contributed by atoms with E-state index in [4.69, 9.17) is 8.83 Å². The Balaban J connectivity index is 1.80. The maximum Gasteiger partial charge on any atom is 0.344 e. The van der Waals surface area contributed by atoms with Crippen molar-refractivity contribution < 1.29 is 13.8 Å². The second-order valence-electron chi connectivity index (χ2n) is 6.95. The van der Waals surface area contributed by atoms with Gasteiger partial charge in [0.1, 0.15) is 11.2 Å². The summed E-state index contributed by atoms with van der Waals surface area (Å²) in [6, 6.07) is 21.4. The molecule has 0 aliphatic heterocycles. The molecule has 2 heterocycles. The van der Waals surface area contributed by atoms with Crippen LogP contribution in [0.3, 0.4) is 0 Å². The molecular formula is C24H13NO6. The molecule has 0 aliphatic rings. The Morgan fingerprint density at radius 3 is 2.13 bits per heavy atom. The Bertz CT molecular complexity index is 1580. The van der Waals surface area contributed by atoms with Crippen LogP contribution in [-0.2, 0) is 0 Å². The first kappa shape index (κ1) is 18.5. The molecule has 0 amide bonds. The Morgan fingerprint density at radius 2 is 1.42 bits per heavy atom. The van der Waals surface area contributed by atoms with Gasteiger partial charge in [-0.1, -0.05) is 30.3 Å². The fraction of sp³-hybridized carbons (Fsp3) is 0. The number of rotatable bonds is 3. The lowest BCUT2D eigenvalue weighted by molar-refractivity contribution is -0.384. The Kier molecular flexibility index (Phi) is 4.22. The molecule has 0 radical (unpaired) electrons. The molecule has 5 aromatic rings. The van der Waals surface area contributed by atoms with E-state index in [0.29, 0.717) is 27.5 Å². The Morgan fingerprint density at radius 1 is 0.710 bits per heavy atom. The van der Waals surface area contributed by atoms with Crippen LogP contribution in [0.1, 0.15) is 0 Å². The summed E-state index contributed by atoms with van der Waals surface area (Å²) >= 11 is 0. The van der Waals surface area contributed by atoms with Crippen LogP contribution in [0.15, 0.2) is 97.3 Å². The van der Waals surface area contributed by atoms with Gasteiger partial charge >= 0.3 is 11.3 Å². The molecule has 0 aliphatic carbocycles. The molecular weight excluding hydrogens is 398 g/mol. The molecule has 31 heavy (non-hydrogen) atoms. The summed E-state index contributed by atoms with van der Waals surface area (Å²) in [4.78, 5) is 35.3. The lowest BCUT2D eigenvalue weighted by atomic mass is 9.99. The normalized spacial score (nSPS) is 11.1. The number of nitrogens with zero attached hydrogens (tertiary/aromatic N) is 1. The topological polar surface area (TPSA) is 104 Å². The fourth-order valence-electron chi connectivity index (χ4n) is 3.63. The number of non-ortho nitro benzene ring substituents is 1. The molecule has 0 saturated heterocycles. The predicted molar refractivity (Wildman–Crippen MR) is 116 cm³/mol. The molecule has 150 valence electrons. The second-order valence-corrected chi connectivity index (χ2v) is 6.95. The maximum absolute atomic E-state index is 12.6. The summed E-state index contributed by atoms with van der Waals surface area (Å²) in [5.41, 5.74) is 1.60. The van der Waals surface area contributed by atoms with Gasteiger partial charge < -0.3 is 8.83 Å². The van der Waals surface area contributed by atoms with Crippen LogP contribution in [0.2, 0.25) is 0 Å². The zero-order chi connectivity index (χ0) is 21.5. The Labute approximate surface area is 173 Å². The summed E-state index contributed by atoms with van der Waals surface area (Å²) in [7, 11) is 0. The minimum absolute atomic E-state index is 0.0853. The molecule has 7 heteroatoms. The maximum atomic E-state index is 12.6. The monoisotopic (exact) mass is 411 g/mol. The van der Waals surface area contributed by atoms with E-state index in [2.05, 4.69) is 0 Å². The van der Waals surface area contributed by atoms with E-state index in [-0.39, 0.29) is 16.8 Å². The van der Waals surface area contributed by atoms with Gasteiger partial charge in [0, 0.05) is 23.6 Å². The number of nitro groups is 1. The summed E-state index contributed by atoms with van der Waals surface area (Å²) in [6.45, 7) is 0. The van der Waals surface area contributed by atoms with E-state index < -0.39 is 16.2 Å². The lowest BCUT2D eigenvalue weighted by Crippen LogP contribution is -2.04. The molecule has 0 spiro atoms. The number of fused-ring (bicyclic) bond motifs is 3. The van der Waals surface area contributed by atoms with Crippen molar-refractivity contribution in [3.05, 3.63) is 110 Å². The summed E-state index contributed by atoms with van der Waals surface area (Å²) in [5, 5.41) is 12.1. The fourth-order valence-corrected chi connectivity index (χ4v) is 3.63. The van der Waals surface area contributed by atoms with Gasteiger partial charge in [0.2, 0.25) is 0 Å². The van der Waals surface area contributed by atoms with E-state index in [0.717, 1.165) is 5.56 Å². The van der Waals surface area contributed by atoms with Gasteiger partial charge in [0.25, 0.3) is 5.69 Å². The van der Waals surface area contributed by atoms with Gasteiger partial charge in [-0.2, -0.15) is 0 Å². The minimum atomic E-state index is -0.595. The molecule has 0 fully saturated rings. The first-order valence-corrected chi connectivity index (χ1v) is 9.36. The van der Waals surface area contributed by atoms with Gasteiger partial charge in [0.05, 0.1) is 15.9 Å². The van der Waals surface area contributed by atoms with Crippen LogP contribution in [0.5, 0.6) is 0 Å². The van der Waals surface area contributed by atoms with Crippen molar-refractivity contribution in [2.75, 3.05) is 0 Å². The third kappa shape index (κ3) is 3.18. The molecule has 7 nitrogen and oxygen atoms in total. The van der Waals surface area contributed by atoms with E-state index in [1.807, 2.05) is 30.3 Å². The molecule has 0 unspecified atom stereocenters. The summed E-state index contributed by atoms with van der Waals surface area (Å²) in [6.07, 6.45) is 0. The number of hydrogen-bond acceptors (Lipinski definition) is 6. The van der Waals surface area contributed by atoms with Gasteiger partial charge in [-0.25, -0.2) is 9.59 Å².